The predicted octanol–water partition coefficient (Wildman–Crippen LogP) is 3.51. The van der Waals surface area contributed by atoms with Gasteiger partial charge in [0.1, 0.15) is 5.75 Å². The van der Waals surface area contributed by atoms with Gasteiger partial charge in [0.2, 0.25) is 5.82 Å². The molecule has 7 nitrogen and oxygen atoms in total. The molecule has 1 amide bonds. The normalized spacial score (nSPS) is 17.5. The summed E-state index contributed by atoms with van der Waals surface area (Å²) in [6.07, 6.45) is 4.14. The molecule has 3 aromatic rings. The minimum atomic E-state index is -0.134. The van der Waals surface area contributed by atoms with E-state index in [4.69, 9.17) is 4.74 Å². The third-order valence-corrected chi connectivity index (χ3v) is 5.32. The maximum atomic E-state index is 13.4. The van der Waals surface area contributed by atoms with Gasteiger partial charge in [0.05, 0.1) is 13.2 Å². The van der Waals surface area contributed by atoms with Crippen LogP contribution >= 0.6 is 0 Å². The second-order valence-electron chi connectivity index (χ2n) is 7.32. The predicted molar refractivity (Wildman–Crippen MR) is 105 cm³/mol. The first-order chi connectivity index (χ1) is 13.6. The Bertz CT molecular complexity index is 996. The number of hydrogen-bond acceptors (Lipinski definition) is 5. The topological polar surface area (TPSA) is 72.6 Å². The highest BCUT2D eigenvalue weighted by Gasteiger charge is 2.30. The summed E-state index contributed by atoms with van der Waals surface area (Å²) in [5.74, 6) is 1.36. The Hall–Kier alpha value is -2.96. The summed E-state index contributed by atoms with van der Waals surface area (Å²) in [7, 11) is 1.66. The third-order valence-electron chi connectivity index (χ3n) is 5.32. The molecule has 28 heavy (non-hydrogen) atoms. The first-order valence-electron chi connectivity index (χ1n) is 9.73. The molecule has 1 atom stereocenters. The molecule has 1 saturated heterocycles. The number of ether oxygens (including phenoxy) is 1. The number of rotatable bonds is 3. The van der Waals surface area contributed by atoms with Crippen molar-refractivity contribution < 1.29 is 9.53 Å². The van der Waals surface area contributed by atoms with Crippen LogP contribution in [0.1, 0.15) is 59.3 Å². The van der Waals surface area contributed by atoms with Crippen molar-refractivity contribution in [1.29, 1.82) is 0 Å². The van der Waals surface area contributed by atoms with Crippen molar-refractivity contribution in [2.45, 2.75) is 45.6 Å². The number of methoxy groups -OCH3 is 1. The zero-order chi connectivity index (χ0) is 19.7. The summed E-state index contributed by atoms with van der Waals surface area (Å²) in [5.41, 5.74) is 2.89. The fourth-order valence-electron chi connectivity index (χ4n) is 3.91. The van der Waals surface area contributed by atoms with E-state index in [1.54, 1.807) is 11.6 Å². The summed E-state index contributed by atoms with van der Waals surface area (Å²) in [6, 6.07) is 9.93. The van der Waals surface area contributed by atoms with Crippen molar-refractivity contribution in [3.05, 3.63) is 53.1 Å². The first kappa shape index (κ1) is 18.4. The van der Waals surface area contributed by atoms with E-state index in [9.17, 15) is 4.79 Å². The average Bonchev–Trinajstić information content (AvgIpc) is 2.97. The maximum absolute atomic E-state index is 13.4. The van der Waals surface area contributed by atoms with Crippen LogP contribution in [0.4, 0.5) is 0 Å². The standard InChI is InChI=1S/C21H25N5O2/c1-14-13-15(2)26-21(22-14)23-19(24-26)20(27)25-12-6-4-5-7-18(25)16-8-10-17(28-3)11-9-16/h8-11,13,18H,4-7,12H2,1-3H3. The van der Waals surface area contributed by atoms with Crippen molar-refractivity contribution in [3.63, 3.8) is 0 Å². The van der Waals surface area contributed by atoms with Gasteiger partial charge in [-0.3, -0.25) is 4.79 Å². The highest BCUT2D eigenvalue weighted by Crippen LogP contribution is 2.32. The summed E-state index contributed by atoms with van der Waals surface area (Å²) in [6.45, 7) is 4.56. The molecular formula is C21H25N5O2. The molecule has 1 fully saturated rings. The number of aryl methyl sites for hydroxylation is 2. The lowest BCUT2D eigenvalue weighted by Gasteiger charge is -2.29. The lowest BCUT2D eigenvalue weighted by atomic mass is 10.0. The van der Waals surface area contributed by atoms with E-state index >= 15 is 0 Å². The Morgan fingerprint density at radius 2 is 1.89 bits per heavy atom. The number of carbonyl (C=O) groups excluding carboxylic acids is 1. The number of aromatic nitrogens is 4. The molecule has 2 aromatic heterocycles. The van der Waals surface area contributed by atoms with Crippen molar-refractivity contribution in [2.24, 2.45) is 0 Å². The highest BCUT2D eigenvalue weighted by atomic mass is 16.5. The van der Waals surface area contributed by atoms with Gasteiger partial charge in [-0.25, -0.2) is 9.50 Å². The van der Waals surface area contributed by atoms with E-state index < -0.39 is 0 Å². The van der Waals surface area contributed by atoms with Crippen LogP contribution in [0.15, 0.2) is 30.3 Å². The van der Waals surface area contributed by atoms with Crippen LogP contribution < -0.4 is 4.74 Å². The third kappa shape index (κ3) is 3.44. The lowest BCUT2D eigenvalue weighted by Crippen LogP contribution is -2.35. The summed E-state index contributed by atoms with van der Waals surface area (Å²) >= 11 is 0. The number of nitrogens with zero attached hydrogens (tertiary/aromatic N) is 5. The Morgan fingerprint density at radius 1 is 1.11 bits per heavy atom. The largest absolute Gasteiger partial charge is 0.497 e. The van der Waals surface area contributed by atoms with Gasteiger partial charge >= 0.3 is 0 Å². The molecule has 7 heteroatoms. The molecule has 0 bridgehead atoms. The number of benzene rings is 1. The Kier molecular flexibility index (Phi) is 4.98. The van der Waals surface area contributed by atoms with Crippen LogP contribution in [0, 0.1) is 13.8 Å². The SMILES string of the molecule is COc1ccc(C2CCCCCN2C(=O)c2nc3nc(C)cc(C)n3n2)cc1. The lowest BCUT2D eigenvalue weighted by molar-refractivity contribution is 0.0668. The number of hydrogen-bond donors (Lipinski definition) is 0. The Labute approximate surface area is 164 Å². The monoisotopic (exact) mass is 379 g/mol. The van der Waals surface area contributed by atoms with Crippen molar-refractivity contribution >= 4 is 11.7 Å². The molecule has 1 unspecified atom stereocenters. The van der Waals surface area contributed by atoms with E-state index in [0.29, 0.717) is 12.3 Å². The van der Waals surface area contributed by atoms with Gasteiger partial charge in [0.25, 0.3) is 11.7 Å². The first-order valence-corrected chi connectivity index (χ1v) is 9.73. The maximum Gasteiger partial charge on any atom is 0.294 e. The smallest absolute Gasteiger partial charge is 0.294 e. The zero-order valence-electron chi connectivity index (χ0n) is 16.6. The van der Waals surface area contributed by atoms with Gasteiger partial charge in [-0.1, -0.05) is 25.0 Å². The fourth-order valence-corrected chi connectivity index (χ4v) is 3.91. The fraction of sp³-hybridized carbons (Fsp3) is 0.429. The van der Waals surface area contributed by atoms with Crippen LogP contribution in [0.2, 0.25) is 0 Å². The molecule has 4 rings (SSSR count). The van der Waals surface area contributed by atoms with Gasteiger partial charge in [-0.05, 0) is 50.5 Å². The second kappa shape index (κ2) is 7.58. The minimum Gasteiger partial charge on any atom is -0.497 e. The molecule has 0 radical (unpaired) electrons. The summed E-state index contributed by atoms with van der Waals surface area (Å²) in [4.78, 5) is 24.1. The molecule has 1 aliphatic rings. The van der Waals surface area contributed by atoms with E-state index in [1.807, 2.05) is 49.1 Å². The van der Waals surface area contributed by atoms with Gasteiger partial charge in [-0.15, -0.1) is 5.10 Å². The van der Waals surface area contributed by atoms with Crippen molar-refractivity contribution in [1.82, 2.24) is 24.5 Å². The second-order valence-corrected chi connectivity index (χ2v) is 7.32. The Balaban J connectivity index is 1.69. The molecule has 146 valence electrons. The van der Waals surface area contributed by atoms with Gasteiger partial charge < -0.3 is 9.64 Å². The van der Waals surface area contributed by atoms with Crippen LogP contribution in [-0.2, 0) is 0 Å². The van der Waals surface area contributed by atoms with Crippen LogP contribution in [-0.4, -0.2) is 44.0 Å². The van der Waals surface area contributed by atoms with Gasteiger partial charge in [-0.2, -0.15) is 4.98 Å². The molecular weight excluding hydrogens is 354 g/mol. The van der Waals surface area contributed by atoms with Crippen LogP contribution in [0.25, 0.3) is 5.78 Å². The number of fused-ring (bicyclic) bond motifs is 1. The van der Waals surface area contributed by atoms with Crippen LogP contribution in [0.3, 0.4) is 0 Å². The minimum absolute atomic E-state index is 0.0170. The number of amides is 1. The summed E-state index contributed by atoms with van der Waals surface area (Å²) < 4.78 is 6.91. The Morgan fingerprint density at radius 3 is 2.64 bits per heavy atom. The van der Waals surface area contributed by atoms with E-state index in [2.05, 4.69) is 15.1 Å². The molecule has 1 aromatic carbocycles. The van der Waals surface area contributed by atoms with Crippen molar-refractivity contribution in [3.8, 4) is 5.75 Å². The van der Waals surface area contributed by atoms with E-state index in [1.165, 1.54) is 0 Å². The molecule has 1 aliphatic heterocycles. The van der Waals surface area contributed by atoms with E-state index in [0.717, 1.165) is 48.4 Å². The summed E-state index contributed by atoms with van der Waals surface area (Å²) in [5, 5.41) is 4.45. The molecule has 0 aliphatic carbocycles. The van der Waals surface area contributed by atoms with E-state index in [-0.39, 0.29) is 17.8 Å². The molecule has 3 heterocycles. The number of carbonyl (C=O) groups is 1. The molecule has 0 spiro atoms. The van der Waals surface area contributed by atoms with Gasteiger partial charge in [0, 0.05) is 17.9 Å². The average molecular weight is 379 g/mol. The van der Waals surface area contributed by atoms with Crippen molar-refractivity contribution in [2.75, 3.05) is 13.7 Å². The van der Waals surface area contributed by atoms with Gasteiger partial charge in [0.15, 0.2) is 0 Å². The highest BCUT2D eigenvalue weighted by molar-refractivity contribution is 5.91. The van der Waals surface area contributed by atoms with Crippen LogP contribution in [0.5, 0.6) is 5.75 Å². The number of likely N-dealkylation sites (tertiary alicyclic amines) is 1. The molecule has 0 saturated carbocycles. The molecule has 0 N–H and O–H groups in total. The quantitative estimate of drug-likeness (QED) is 0.696. The zero-order valence-corrected chi connectivity index (χ0v) is 16.6.